The van der Waals surface area contributed by atoms with Gasteiger partial charge in [-0.1, -0.05) is 18.2 Å². The monoisotopic (exact) mass is 342 g/mol. The lowest BCUT2D eigenvalue weighted by Gasteiger charge is -2.02. The van der Waals surface area contributed by atoms with Crippen LogP contribution in [0.5, 0.6) is 0 Å². The van der Waals surface area contributed by atoms with Gasteiger partial charge in [-0.15, -0.1) is 0 Å². The van der Waals surface area contributed by atoms with E-state index in [1.54, 1.807) is 17.1 Å². The zero-order valence-corrected chi connectivity index (χ0v) is 13.1. The van der Waals surface area contributed by atoms with Crippen molar-refractivity contribution >= 4 is 28.5 Å². The highest BCUT2D eigenvalue weighted by Crippen LogP contribution is 2.29. The number of nitrogens with zero attached hydrogens (tertiary/aromatic N) is 2. The number of hydrogen-bond donors (Lipinski definition) is 2. The topological polar surface area (TPSA) is 45.6 Å². The van der Waals surface area contributed by atoms with Gasteiger partial charge in [0.25, 0.3) is 0 Å². The Morgan fingerprint density at radius 3 is 2.71 bits per heavy atom. The summed E-state index contributed by atoms with van der Waals surface area (Å²) in [6.07, 6.45) is 5.31. The van der Waals surface area contributed by atoms with Crippen LogP contribution in [0.3, 0.4) is 0 Å². The van der Waals surface area contributed by atoms with E-state index in [1.807, 2.05) is 36.5 Å². The summed E-state index contributed by atoms with van der Waals surface area (Å²) in [6, 6.07) is 12.1. The number of para-hydroxylation sites is 1. The molecule has 4 aromatic rings. The molecule has 0 aliphatic heterocycles. The summed E-state index contributed by atoms with van der Waals surface area (Å²) in [7, 11) is 0. The van der Waals surface area contributed by atoms with Gasteiger partial charge in [0.15, 0.2) is 11.6 Å². The maximum atomic E-state index is 13.4. The number of hydrogen-bond acceptors (Lipinski definition) is 3. The van der Waals surface area contributed by atoms with E-state index in [0.717, 1.165) is 16.6 Å². The molecule has 0 saturated heterocycles. The number of nitrogens with one attached hydrogen (secondary N) is 2. The number of benzene rings is 2. The largest absolute Gasteiger partial charge is 0.359 e. The Hall–Kier alpha value is -2.80. The molecule has 0 aliphatic carbocycles. The van der Waals surface area contributed by atoms with Gasteiger partial charge in [0.05, 0.1) is 28.0 Å². The van der Waals surface area contributed by atoms with Gasteiger partial charge >= 0.3 is 0 Å². The zero-order valence-electron chi connectivity index (χ0n) is 12.3. The second-order valence-corrected chi connectivity index (χ2v) is 6.05. The molecule has 4 nitrogen and oxygen atoms in total. The Labute approximate surface area is 140 Å². The fraction of sp³-hybridized carbons (Fsp3) is 0. The van der Waals surface area contributed by atoms with Crippen molar-refractivity contribution in [2.75, 3.05) is 4.72 Å². The zero-order chi connectivity index (χ0) is 16.5. The molecule has 24 heavy (non-hydrogen) atoms. The molecule has 4 rings (SSSR count). The fourth-order valence-electron chi connectivity index (χ4n) is 2.40. The Morgan fingerprint density at radius 2 is 1.88 bits per heavy atom. The Morgan fingerprint density at radius 1 is 1.08 bits per heavy atom. The van der Waals surface area contributed by atoms with Crippen LogP contribution in [0.1, 0.15) is 0 Å². The number of rotatable bonds is 4. The standard InChI is InChI=1S/C17H12F2N4S/c18-14-6-13-16(7-15(14)19)20-9-17(13)22-24-12-8-21-23(10-12)11-4-2-1-3-5-11/h1-10,20,22H. The molecule has 0 saturated carbocycles. The van der Waals surface area contributed by atoms with E-state index in [9.17, 15) is 8.78 Å². The van der Waals surface area contributed by atoms with Gasteiger partial charge in [0.1, 0.15) is 0 Å². The highest BCUT2D eigenvalue weighted by molar-refractivity contribution is 8.00. The van der Waals surface area contributed by atoms with Gasteiger partial charge in [-0.2, -0.15) is 5.10 Å². The first-order chi connectivity index (χ1) is 11.7. The van der Waals surface area contributed by atoms with Crippen LogP contribution in [0.25, 0.3) is 16.6 Å². The van der Waals surface area contributed by atoms with Crippen LogP contribution in [0.4, 0.5) is 14.5 Å². The summed E-state index contributed by atoms with van der Waals surface area (Å²) in [6.45, 7) is 0. The minimum Gasteiger partial charge on any atom is -0.359 e. The summed E-state index contributed by atoms with van der Waals surface area (Å²) in [5.74, 6) is -1.74. The predicted molar refractivity (Wildman–Crippen MR) is 91.3 cm³/mol. The van der Waals surface area contributed by atoms with E-state index in [1.165, 1.54) is 18.0 Å². The molecule has 0 fully saturated rings. The first kappa shape index (κ1) is 14.8. The van der Waals surface area contributed by atoms with Gasteiger partial charge in [0, 0.05) is 23.8 Å². The highest BCUT2D eigenvalue weighted by Gasteiger charge is 2.10. The van der Waals surface area contributed by atoms with Crippen molar-refractivity contribution in [2.24, 2.45) is 0 Å². The van der Waals surface area contributed by atoms with Crippen LogP contribution in [0.2, 0.25) is 0 Å². The van der Waals surface area contributed by atoms with Crippen molar-refractivity contribution in [1.82, 2.24) is 14.8 Å². The number of aromatic amines is 1. The van der Waals surface area contributed by atoms with E-state index >= 15 is 0 Å². The van der Waals surface area contributed by atoms with Crippen molar-refractivity contribution in [1.29, 1.82) is 0 Å². The van der Waals surface area contributed by atoms with Gasteiger partial charge in [-0.25, -0.2) is 13.5 Å². The average Bonchev–Trinajstić information content (AvgIpc) is 3.22. The Bertz CT molecular complexity index is 994. The lowest BCUT2D eigenvalue weighted by Crippen LogP contribution is -1.92. The van der Waals surface area contributed by atoms with Crippen molar-refractivity contribution in [2.45, 2.75) is 4.90 Å². The second-order valence-electron chi connectivity index (χ2n) is 5.17. The maximum Gasteiger partial charge on any atom is 0.160 e. The van der Waals surface area contributed by atoms with Crippen molar-refractivity contribution in [3.63, 3.8) is 0 Å². The molecule has 120 valence electrons. The lowest BCUT2D eigenvalue weighted by atomic mass is 10.2. The first-order valence-electron chi connectivity index (χ1n) is 7.20. The molecule has 0 aliphatic rings. The van der Waals surface area contributed by atoms with Crippen molar-refractivity contribution in [3.8, 4) is 5.69 Å². The van der Waals surface area contributed by atoms with Gasteiger partial charge < -0.3 is 9.71 Å². The Balaban J connectivity index is 1.53. The number of anilines is 1. The molecule has 0 bridgehead atoms. The Kier molecular flexibility index (Phi) is 3.70. The highest BCUT2D eigenvalue weighted by atomic mass is 32.2. The first-order valence-corrected chi connectivity index (χ1v) is 8.01. The van der Waals surface area contributed by atoms with Crippen LogP contribution in [-0.4, -0.2) is 14.8 Å². The summed E-state index contributed by atoms with van der Waals surface area (Å²) >= 11 is 1.35. The minimum absolute atomic E-state index is 0.539. The molecule has 0 radical (unpaired) electrons. The molecular formula is C17H12F2N4S. The number of halogens is 2. The summed E-state index contributed by atoms with van der Waals surface area (Å²) in [5, 5.41) is 4.91. The number of H-pyrrole nitrogens is 1. The molecular weight excluding hydrogens is 330 g/mol. The average molecular weight is 342 g/mol. The molecule has 0 atom stereocenters. The summed E-state index contributed by atoms with van der Waals surface area (Å²) in [5.41, 5.74) is 2.19. The van der Waals surface area contributed by atoms with Crippen LogP contribution in [-0.2, 0) is 0 Å². The smallest absolute Gasteiger partial charge is 0.160 e. The maximum absolute atomic E-state index is 13.4. The third-order valence-electron chi connectivity index (χ3n) is 3.58. The van der Waals surface area contributed by atoms with Crippen molar-refractivity contribution in [3.05, 3.63) is 72.7 Å². The fourth-order valence-corrected chi connectivity index (χ4v) is 3.05. The third-order valence-corrected chi connectivity index (χ3v) is 4.35. The van der Waals surface area contributed by atoms with Crippen LogP contribution in [0, 0.1) is 11.6 Å². The second kappa shape index (κ2) is 6.01. The quantitative estimate of drug-likeness (QED) is 0.526. The van der Waals surface area contributed by atoms with Gasteiger partial charge in [-0.05, 0) is 30.1 Å². The molecule has 2 N–H and O–H groups in total. The summed E-state index contributed by atoms with van der Waals surface area (Å²) in [4.78, 5) is 3.82. The van der Waals surface area contributed by atoms with E-state index < -0.39 is 11.6 Å². The van der Waals surface area contributed by atoms with E-state index in [4.69, 9.17) is 0 Å². The van der Waals surface area contributed by atoms with E-state index in [-0.39, 0.29) is 0 Å². The van der Waals surface area contributed by atoms with Crippen LogP contribution in [0.15, 0.2) is 66.0 Å². The SMILES string of the molecule is Fc1cc2[nH]cc(NSc3cnn(-c4ccccc4)c3)c2cc1F. The van der Waals surface area contributed by atoms with Gasteiger partial charge in [-0.3, -0.25) is 0 Å². The summed E-state index contributed by atoms with van der Waals surface area (Å²) < 4.78 is 31.6. The van der Waals surface area contributed by atoms with Crippen LogP contribution < -0.4 is 4.72 Å². The lowest BCUT2D eigenvalue weighted by molar-refractivity contribution is 0.511. The van der Waals surface area contributed by atoms with Crippen molar-refractivity contribution < 1.29 is 8.78 Å². The molecule has 0 amide bonds. The molecule has 2 aromatic heterocycles. The molecule has 0 spiro atoms. The van der Waals surface area contributed by atoms with E-state index in [0.29, 0.717) is 16.6 Å². The van der Waals surface area contributed by atoms with Crippen LogP contribution >= 0.6 is 11.9 Å². The van der Waals surface area contributed by atoms with Gasteiger partial charge in [0.2, 0.25) is 0 Å². The number of aromatic nitrogens is 3. The predicted octanol–water partition coefficient (Wildman–Crippen LogP) is 4.75. The molecule has 2 heterocycles. The molecule has 0 unspecified atom stereocenters. The molecule has 7 heteroatoms. The molecule has 2 aromatic carbocycles. The number of fused-ring (bicyclic) bond motifs is 1. The third kappa shape index (κ3) is 2.74. The normalized spacial score (nSPS) is 11.1. The van der Waals surface area contributed by atoms with E-state index in [2.05, 4.69) is 14.8 Å². The minimum atomic E-state index is -0.868.